The molecule has 1 N–H and O–H groups in total. The average molecular weight is 315 g/mol. The fourth-order valence-electron chi connectivity index (χ4n) is 2.22. The van der Waals surface area contributed by atoms with E-state index in [9.17, 15) is 9.59 Å². The molecule has 0 radical (unpaired) electrons. The molecule has 108 valence electrons. The molecule has 1 fully saturated rings. The van der Waals surface area contributed by atoms with Crippen LogP contribution in [0.4, 0.5) is 5.69 Å². The Balaban J connectivity index is 2.17. The van der Waals surface area contributed by atoms with Crippen molar-refractivity contribution in [2.75, 3.05) is 11.4 Å². The van der Waals surface area contributed by atoms with Crippen LogP contribution >= 0.6 is 23.2 Å². The zero-order valence-corrected chi connectivity index (χ0v) is 12.8. The largest absolute Gasteiger partial charge is 0.354 e. The highest BCUT2D eigenvalue weighted by molar-refractivity contribution is 6.44. The summed E-state index contributed by atoms with van der Waals surface area (Å²) < 4.78 is 0. The Labute approximate surface area is 128 Å². The first-order valence-corrected chi connectivity index (χ1v) is 7.20. The van der Waals surface area contributed by atoms with Gasteiger partial charge in [0.05, 0.1) is 21.7 Å². The van der Waals surface area contributed by atoms with Crippen molar-refractivity contribution in [3.05, 3.63) is 28.2 Å². The summed E-state index contributed by atoms with van der Waals surface area (Å²) in [6.45, 7) is 4.11. The highest BCUT2D eigenvalue weighted by Gasteiger charge is 2.36. The molecule has 0 aromatic heterocycles. The third kappa shape index (κ3) is 3.07. The summed E-state index contributed by atoms with van der Waals surface area (Å²) in [6, 6.07) is 5.19. The quantitative estimate of drug-likeness (QED) is 0.932. The van der Waals surface area contributed by atoms with Gasteiger partial charge in [0.2, 0.25) is 11.8 Å². The van der Waals surface area contributed by atoms with Crippen LogP contribution in [0, 0.1) is 5.92 Å². The molecule has 0 spiro atoms. The van der Waals surface area contributed by atoms with Gasteiger partial charge in [-0.15, -0.1) is 0 Å². The van der Waals surface area contributed by atoms with E-state index in [4.69, 9.17) is 23.2 Å². The van der Waals surface area contributed by atoms with Gasteiger partial charge < -0.3 is 10.2 Å². The van der Waals surface area contributed by atoms with E-state index >= 15 is 0 Å². The number of benzene rings is 1. The maximum atomic E-state index is 12.1. The summed E-state index contributed by atoms with van der Waals surface area (Å²) >= 11 is 12.1. The van der Waals surface area contributed by atoms with E-state index in [2.05, 4.69) is 5.32 Å². The Morgan fingerprint density at radius 1 is 1.40 bits per heavy atom. The SMILES string of the molecule is CC(C)NC(=O)C1CC(=O)N(c2cccc(Cl)c2Cl)C1. The standard InChI is InChI=1S/C14H16Cl2N2O2/c1-8(2)17-14(20)9-6-12(19)18(7-9)11-5-3-4-10(15)13(11)16/h3-5,8-9H,6-7H2,1-2H3,(H,17,20). The number of amides is 2. The molecule has 1 atom stereocenters. The zero-order valence-electron chi connectivity index (χ0n) is 11.3. The monoisotopic (exact) mass is 314 g/mol. The van der Waals surface area contributed by atoms with E-state index in [-0.39, 0.29) is 30.2 Å². The molecular formula is C14H16Cl2N2O2. The van der Waals surface area contributed by atoms with Crippen molar-refractivity contribution in [2.45, 2.75) is 26.3 Å². The van der Waals surface area contributed by atoms with Crippen LogP contribution in [-0.2, 0) is 9.59 Å². The first kappa shape index (κ1) is 15.1. The van der Waals surface area contributed by atoms with Gasteiger partial charge in [-0.3, -0.25) is 9.59 Å². The Bertz CT molecular complexity index is 546. The summed E-state index contributed by atoms with van der Waals surface area (Å²) in [7, 11) is 0. The molecule has 2 rings (SSSR count). The first-order valence-electron chi connectivity index (χ1n) is 6.45. The molecule has 20 heavy (non-hydrogen) atoms. The second kappa shape index (κ2) is 6.02. The number of hydrogen-bond acceptors (Lipinski definition) is 2. The molecular weight excluding hydrogens is 299 g/mol. The number of carbonyl (C=O) groups excluding carboxylic acids is 2. The van der Waals surface area contributed by atoms with Gasteiger partial charge in [-0.05, 0) is 26.0 Å². The van der Waals surface area contributed by atoms with Crippen LogP contribution in [0.3, 0.4) is 0 Å². The predicted octanol–water partition coefficient (Wildman–Crippen LogP) is 2.87. The molecule has 0 bridgehead atoms. The van der Waals surface area contributed by atoms with Crippen LogP contribution < -0.4 is 10.2 Å². The molecule has 6 heteroatoms. The van der Waals surface area contributed by atoms with Crippen LogP contribution in [0.15, 0.2) is 18.2 Å². The van der Waals surface area contributed by atoms with Crippen molar-refractivity contribution in [1.82, 2.24) is 5.32 Å². The number of carbonyl (C=O) groups is 2. The Hall–Kier alpha value is -1.26. The van der Waals surface area contributed by atoms with Crippen molar-refractivity contribution in [3.63, 3.8) is 0 Å². The first-order chi connectivity index (χ1) is 9.40. The van der Waals surface area contributed by atoms with E-state index in [1.54, 1.807) is 18.2 Å². The van der Waals surface area contributed by atoms with Crippen molar-refractivity contribution in [1.29, 1.82) is 0 Å². The molecule has 4 nitrogen and oxygen atoms in total. The summed E-state index contributed by atoms with van der Waals surface area (Å²) in [5.74, 6) is -0.563. The lowest BCUT2D eigenvalue weighted by atomic mass is 10.1. The Morgan fingerprint density at radius 3 is 2.75 bits per heavy atom. The minimum Gasteiger partial charge on any atom is -0.354 e. The van der Waals surface area contributed by atoms with Gasteiger partial charge in [0.15, 0.2) is 0 Å². The number of rotatable bonds is 3. The third-order valence-corrected chi connectivity index (χ3v) is 3.96. The lowest BCUT2D eigenvalue weighted by molar-refractivity contribution is -0.126. The number of anilines is 1. The van der Waals surface area contributed by atoms with Crippen LogP contribution in [0.5, 0.6) is 0 Å². The lowest BCUT2D eigenvalue weighted by Crippen LogP contribution is -2.37. The second-order valence-electron chi connectivity index (χ2n) is 5.14. The Morgan fingerprint density at radius 2 is 2.10 bits per heavy atom. The zero-order chi connectivity index (χ0) is 14.9. The van der Waals surface area contributed by atoms with E-state index in [1.807, 2.05) is 13.8 Å². The highest BCUT2D eigenvalue weighted by atomic mass is 35.5. The van der Waals surface area contributed by atoms with Crippen molar-refractivity contribution in [2.24, 2.45) is 5.92 Å². The number of hydrogen-bond donors (Lipinski definition) is 1. The van der Waals surface area contributed by atoms with Crippen molar-refractivity contribution < 1.29 is 9.59 Å². The summed E-state index contributed by atoms with van der Waals surface area (Å²) in [6.07, 6.45) is 0.196. The predicted molar refractivity (Wildman–Crippen MR) is 80.2 cm³/mol. The minimum absolute atomic E-state index is 0.0569. The van der Waals surface area contributed by atoms with Gasteiger partial charge in [0.1, 0.15) is 0 Å². The molecule has 1 aliphatic rings. The van der Waals surface area contributed by atoms with E-state index in [0.29, 0.717) is 22.3 Å². The van der Waals surface area contributed by atoms with Gasteiger partial charge in [-0.2, -0.15) is 0 Å². The van der Waals surface area contributed by atoms with Crippen LogP contribution in [-0.4, -0.2) is 24.4 Å². The number of nitrogens with one attached hydrogen (secondary N) is 1. The molecule has 1 saturated heterocycles. The van der Waals surface area contributed by atoms with Crippen LogP contribution in [0.2, 0.25) is 10.0 Å². The molecule has 0 saturated carbocycles. The fraction of sp³-hybridized carbons (Fsp3) is 0.429. The maximum Gasteiger partial charge on any atom is 0.227 e. The van der Waals surface area contributed by atoms with Gasteiger partial charge in [0.25, 0.3) is 0 Å². The lowest BCUT2D eigenvalue weighted by Gasteiger charge is -2.19. The molecule has 1 heterocycles. The smallest absolute Gasteiger partial charge is 0.227 e. The summed E-state index contributed by atoms with van der Waals surface area (Å²) in [5, 5.41) is 3.56. The summed E-state index contributed by atoms with van der Waals surface area (Å²) in [4.78, 5) is 25.6. The Kier molecular flexibility index (Phi) is 4.55. The maximum absolute atomic E-state index is 12.1. The van der Waals surface area contributed by atoms with E-state index in [1.165, 1.54) is 4.90 Å². The molecule has 2 amide bonds. The highest BCUT2D eigenvalue weighted by Crippen LogP contribution is 2.35. The van der Waals surface area contributed by atoms with Crippen LogP contribution in [0.1, 0.15) is 20.3 Å². The topological polar surface area (TPSA) is 49.4 Å². The molecule has 1 aromatic rings. The van der Waals surface area contributed by atoms with Gasteiger partial charge in [-0.25, -0.2) is 0 Å². The summed E-state index contributed by atoms with van der Waals surface area (Å²) in [5.41, 5.74) is 0.559. The van der Waals surface area contributed by atoms with Gasteiger partial charge >= 0.3 is 0 Å². The van der Waals surface area contributed by atoms with Gasteiger partial charge in [0, 0.05) is 19.0 Å². The van der Waals surface area contributed by atoms with E-state index < -0.39 is 0 Å². The van der Waals surface area contributed by atoms with E-state index in [0.717, 1.165) is 0 Å². The van der Waals surface area contributed by atoms with Crippen molar-refractivity contribution in [3.8, 4) is 0 Å². The molecule has 1 aromatic carbocycles. The third-order valence-electron chi connectivity index (χ3n) is 3.15. The van der Waals surface area contributed by atoms with Crippen LogP contribution in [0.25, 0.3) is 0 Å². The fourth-order valence-corrected chi connectivity index (χ4v) is 2.62. The van der Waals surface area contributed by atoms with Crippen molar-refractivity contribution >= 4 is 40.7 Å². The number of nitrogens with zero attached hydrogens (tertiary/aromatic N) is 1. The normalized spacial score (nSPS) is 18.8. The second-order valence-corrected chi connectivity index (χ2v) is 5.93. The van der Waals surface area contributed by atoms with Gasteiger partial charge in [-0.1, -0.05) is 29.3 Å². The molecule has 1 aliphatic heterocycles. The molecule has 1 unspecified atom stereocenters. The number of halogens is 2. The minimum atomic E-state index is -0.347. The molecule has 0 aliphatic carbocycles. The average Bonchev–Trinajstić information content (AvgIpc) is 2.74.